The van der Waals surface area contributed by atoms with Gasteiger partial charge >= 0.3 is 6.18 Å². The van der Waals surface area contributed by atoms with Gasteiger partial charge < -0.3 is 4.90 Å². The van der Waals surface area contributed by atoms with Crippen LogP contribution in [-0.4, -0.2) is 30.6 Å². The molecular weight excluding hydrogens is 397 g/mol. The van der Waals surface area contributed by atoms with E-state index in [0.717, 1.165) is 38.9 Å². The van der Waals surface area contributed by atoms with Crippen LogP contribution in [0.5, 0.6) is 0 Å². The number of alkyl halides is 3. The molecule has 0 spiro atoms. The van der Waals surface area contributed by atoms with E-state index in [-0.39, 0.29) is 5.02 Å². The van der Waals surface area contributed by atoms with E-state index >= 15 is 0 Å². The molecule has 2 saturated heterocycles. The number of aryl methyl sites for hydroxylation is 2. The molecule has 0 N–H and O–H groups in total. The van der Waals surface area contributed by atoms with Gasteiger partial charge in [-0.25, -0.2) is 0 Å². The molecule has 0 aromatic heterocycles. The molecule has 0 saturated carbocycles. The predicted molar refractivity (Wildman–Crippen MR) is 112 cm³/mol. The molecule has 0 amide bonds. The van der Waals surface area contributed by atoms with E-state index in [4.69, 9.17) is 11.6 Å². The third kappa shape index (κ3) is 4.13. The number of rotatable bonds is 2. The zero-order chi connectivity index (χ0) is 20.8. The van der Waals surface area contributed by atoms with Crippen LogP contribution in [0.2, 0.25) is 5.02 Å². The van der Waals surface area contributed by atoms with Gasteiger partial charge in [0.2, 0.25) is 0 Å². The highest BCUT2D eigenvalue weighted by atomic mass is 35.5. The van der Waals surface area contributed by atoms with Crippen LogP contribution >= 0.6 is 11.6 Å². The largest absolute Gasteiger partial charge is 0.417 e. The first-order chi connectivity index (χ1) is 13.7. The van der Waals surface area contributed by atoms with Crippen LogP contribution in [0.4, 0.5) is 18.9 Å². The lowest BCUT2D eigenvalue weighted by Gasteiger charge is -2.49. The van der Waals surface area contributed by atoms with Gasteiger partial charge in [0, 0.05) is 37.4 Å². The molecule has 2 heterocycles. The number of hydrogen-bond acceptors (Lipinski definition) is 2. The van der Waals surface area contributed by atoms with Crippen molar-refractivity contribution in [1.82, 2.24) is 4.90 Å². The molecular formula is C23H26ClF3N2. The second kappa shape index (κ2) is 7.84. The number of piperazine rings is 1. The lowest BCUT2D eigenvalue weighted by Crippen LogP contribution is -2.55. The number of anilines is 1. The van der Waals surface area contributed by atoms with Crippen molar-refractivity contribution in [2.24, 2.45) is 0 Å². The maximum absolute atomic E-state index is 13.3. The monoisotopic (exact) mass is 422 g/mol. The Balaban J connectivity index is 1.54. The third-order valence-corrected chi connectivity index (χ3v) is 6.81. The van der Waals surface area contributed by atoms with Gasteiger partial charge in [-0.15, -0.1) is 0 Å². The minimum Gasteiger partial charge on any atom is -0.369 e. The number of halogens is 4. The van der Waals surface area contributed by atoms with Crippen LogP contribution in [0.1, 0.15) is 47.6 Å². The number of piperidine rings is 1. The van der Waals surface area contributed by atoms with Crippen molar-refractivity contribution in [1.29, 1.82) is 0 Å². The fraction of sp³-hybridized carbons (Fsp3) is 0.478. The minimum atomic E-state index is -4.44. The molecule has 4 rings (SSSR count). The summed E-state index contributed by atoms with van der Waals surface area (Å²) >= 11 is 5.79. The third-order valence-electron chi connectivity index (χ3n) is 6.48. The average molecular weight is 423 g/mol. The standard InChI is InChI=1S/C23H26ClF3N2/c1-15-6-7-17(12-16(15)2)22-5-3-4-19-14-28(10-11-29(19)22)18-8-9-21(24)20(13-18)23(25,26)27/h6-9,12-13,19,22H,3-5,10-11,14H2,1-2H3. The molecule has 29 heavy (non-hydrogen) atoms. The highest BCUT2D eigenvalue weighted by Crippen LogP contribution is 2.40. The molecule has 0 aliphatic carbocycles. The highest BCUT2D eigenvalue weighted by Gasteiger charge is 2.37. The van der Waals surface area contributed by atoms with E-state index in [1.54, 1.807) is 6.07 Å². The molecule has 2 atom stereocenters. The van der Waals surface area contributed by atoms with Gasteiger partial charge in [0.25, 0.3) is 0 Å². The van der Waals surface area contributed by atoms with Crippen LogP contribution in [0, 0.1) is 13.8 Å². The van der Waals surface area contributed by atoms with Gasteiger partial charge in [-0.05, 0) is 68.0 Å². The summed E-state index contributed by atoms with van der Waals surface area (Å²) in [6.07, 6.45) is -1.08. The molecule has 2 aromatic carbocycles. The van der Waals surface area contributed by atoms with Gasteiger partial charge in [-0.3, -0.25) is 4.90 Å². The van der Waals surface area contributed by atoms with E-state index in [1.165, 1.54) is 28.8 Å². The van der Waals surface area contributed by atoms with Crippen molar-refractivity contribution in [2.45, 2.75) is 51.4 Å². The van der Waals surface area contributed by atoms with Gasteiger partial charge in [0.15, 0.2) is 0 Å². The van der Waals surface area contributed by atoms with Crippen molar-refractivity contribution in [2.75, 3.05) is 24.5 Å². The average Bonchev–Trinajstić information content (AvgIpc) is 2.68. The van der Waals surface area contributed by atoms with E-state index in [1.807, 2.05) is 0 Å². The topological polar surface area (TPSA) is 6.48 Å². The number of fused-ring (bicyclic) bond motifs is 1. The molecule has 2 aliphatic rings. The lowest BCUT2D eigenvalue weighted by molar-refractivity contribution is -0.137. The molecule has 2 unspecified atom stereocenters. The van der Waals surface area contributed by atoms with Gasteiger partial charge in [-0.1, -0.05) is 29.8 Å². The van der Waals surface area contributed by atoms with E-state index < -0.39 is 11.7 Å². The van der Waals surface area contributed by atoms with Crippen molar-refractivity contribution >= 4 is 17.3 Å². The van der Waals surface area contributed by atoms with Gasteiger partial charge in [0.1, 0.15) is 0 Å². The first-order valence-corrected chi connectivity index (χ1v) is 10.6. The van der Waals surface area contributed by atoms with E-state index in [2.05, 4.69) is 41.8 Å². The summed E-state index contributed by atoms with van der Waals surface area (Å²) < 4.78 is 39.8. The molecule has 2 fully saturated rings. The summed E-state index contributed by atoms with van der Waals surface area (Å²) in [6, 6.07) is 11.7. The molecule has 2 nitrogen and oxygen atoms in total. The zero-order valence-corrected chi connectivity index (χ0v) is 17.5. The van der Waals surface area contributed by atoms with Crippen LogP contribution in [0.15, 0.2) is 36.4 Å². The van der Waals surface area contributed by atoms with Crippen molar-refractivity contribution in [3.05, 3.63) is 63.7 Å². The second-order valence-corrected chi connectivity index (χ2v) is 8.70. The number of nitrogens with zero attached hydrogens (tertiary/aromatic N) is 2. The second-order valence-electron chi connectivity index (χ2n) is 8.29. The lowest BCUT2D eigenvalue weighted by atomic mass is 9.88. The van der Waals surface area contributed by atoms with Crippen molar-refractivity contribution < 1.29 is 13.2 Å². The number of hydrogen-bond donors (Lipinski definition) is 0. The Bertz CT molecular complexity index is 896. The summed E-state index contributed by atoms with van der Waals surface area (Å²) in [5.74, 6) is 0. The van der Waals surface area contributed by atoms with Crippen LogP contribution in [0.3, 0.4) is 0 Å². The molecule has 156 valence electrons. The maximum atomic E-state index is 13.3. The SMILES string of the molecule is Cc1ccc(C2CCCC3CN(c4ccc(Cl)c(C(F)(F)F)c4)CCN32)cc1C. The first kappa shape index (κ1) is 20.5. The molecule has 0 radical (unpaired) electrons. The molecule has 2 aromatic rings. The summed E-state index contributed by atoms with van der Waals surface area (Å²) in [5.41, 5.74) is 3.82. The fourth-order valence-corrected chi connectivity index (χ4v) is 4.97. The molecule has 2 aliphatic heterocycles. The number of benzene rings is 2. The van der Waals surface area contributed by atoms with Gasteiger partial charge in [0.05, 0.1) is 10.6 Å². The Hall–Kier alpha value is -1.72. The Kier molecular flexibility index (Phi) is 5.56. The smallest absolute Gasteiger partial charge is 0.369 e. The van der Waals surface area contributed by atoms with Crippen molar-refractivity contribution in [3.63, 3.8) is 0 Å². The quantitative estimate of drug-likeness (QED) is 0.553. The molecule has 0 bridgehead atoms. The van der Waals surface area contributed by atoms with Crippen molar-refractivity contribution in [3.8, 4) is 0 Å². The van der Waals surface area contributed by atoms with E-state index in [9.17, 15) is 13.2 Å². The van der Waals surface area contributed by atoms with Crippen LogP contribution < -0.4 is 4.90 Å². The zero-order valence-electron chi connectivity index (χ0n) is 16.8. The highest BCUT2D eigenvalue weighted by molar-refractivity contribution is 6.31. The predicted octanol–water partition coefficient (Wildman–Crippen LogP) is 6.39. The summed E-state index contributed by atoms with van der Waals surface area (Å²) in [5, 5.41) is -0.243. The normalized spacial score (nSPS) is 23.2. The Morgan fingerprint density at radius 1 is 0.966 bits per heavy atom. The Morgan fingerprint density at radius 3 is 2.48 bits per heavy atom. The molecule has 6 heteroatoms. The minimum absolute atomic E-state index is 0.243. The van der Waals surface area contributed by atoms with Crippen LogP contribution in [-0.2, 0) is 6.18 Å². The Morgan fingerprint density at radius 2 is 1.76 bits per heavy atom. The first-order valence-electron chi connectivity index (χ1n) is 10.2. The summed E-state index contributed by atoms with van der Waals surface area (Å²) in [6.45, 7) is 6.60. The van der Waals surface area contributed by atoms with E-state index in [0.29, 0.717) is 17.8 Å². The summed E-state index contributed by atoms with van der Waals surface area (Å²) in [4.78, 5) is 4.64. The Labute approximate surface area is 175 Å². The summed E-state index contributed by atoms with van der Waals surface area (Å²) in [7, 11) is 0. The van der Waals surface area contributed by atoms with Gasteiger partial charge in [-0.2, -0.15) is 13.2 Å². The van der Waals surface area contributed by atoms with Crippen LogP contribution in [0.25, 0.3) is 0 Å². The fourth-order valence-electron chi connectivity index (χ4n) is 4.74. The maximum Gasteiger partial charge on any atom is 0.417 e.